The molecule has 0 saturated heterocycles. The van der Waals surface area contributed by atoms with Crippen molar-refractivity contribution in [2.75, 3.05) is 13.7 Å². The molecule has 19 heavy (non-hydrogen) atoms. The second kappa shape index (κ2) is 6.57. The minimum Gasteiger partial charge on any atom is -0.497 e. The summed E-state index contributed by atoms with van der Waals surface area (Å²) < 4.78 is 5.19. The van der Waals surface area contributed by atoms with Gasteiger partial charge in [0.15, 0.2) is 0 Å². The van der Waals surface area contributed by atoms with Crippen LogP contribution in [0.2, 0.25) is 0 Å². The molecule has 1 aromatic carbocycles. The van der Waals surface area contributed by atoms with Crippen molar-refractivity contribution in [1.82, 2.24) is 5.32 Å². The van der Waals surface area contributed by atoms with Gasteiger partial charge in [0.05, 0.1) is 7.11 Å². The Morgan fingerprint density at radius 2 is 2.16 bits per heavy atom. The smallest absolute Gasteiger partial charge is 0.221 e. The van der Waals surface area contributed by atoms with Crippen molar-refractivity contribution in [2.24, 2.45) is 5.73 Å². The maximum absolute atomic E-state index is 12.0. The van der Waals surface area contributed by atoms with Crippen molar-refractivity contribution < 1.29 is 9.53 Å². The highest BCUT2D eigenvalue weighted by Gasteiger charge is 2.20. The Labute approximate surface area is 115 Å². The number of ether oxygens (including phenoxy) is 1. The number of rotatable bonds is 6. The van der Waals surface area contributed by atoms with Crippen LogP contribution in [0, 0.1) is 0 Å². The first kappa shape index (κ1) is 15.5. The van der Waals surface area contributed by atoms with E-state index in [9.17, 15) is 4.79 Å². The first-order chi connectivity index (χ1) is 8.88. The molecule has 0 aliphatic heterocycles. The van der Waals surface area contributed by atoms with Crippen LogP contribution in [-0.4, -0.2) is 25.1 Å². The summed E-state index contributed by atoms with van der Waals surface area (Å²) in [6, 6.07) is 7.81. The number of hydrogen-bond acceptors (Lipinski definition) is 3. The fraction of sp³-hybridized carbons (Fsp3) is 0.533. The second-order valence-corrected chi connectivity index (χ2v) is 5.52. The highest BCUT2D eigenvalue weighted by molar-refractivity contribution is 5.77. The Bertz CT molecular complexity index is 430. The highest BCUT2D eigenvalue weighted by Crippen LogP contribution is 2.23. The molecule has 1 amide bonds. The molecule has 4 nitrogen and oxygen atoms in total. The predicted octanol–water partition coefficient (Wildman–Crippen LogP) is 2.04. The van der Waals surface area contributed by atoms with Gasteiger partial charge in [0.2, 0.25) is 5.91 Å². The van der Waals surface area contributed by atoms with Gasteiger partial charge in [0, 0.05) is 18.5 Å². The quantitative estimate of drug-likeness (QED) is 0.826. The van der Waals surface area contributed by atoms with Gasteiger partial charge in [-0.15, -0.1) is 0 Å². The van der Waals surface area contributed by atoms with Crippen LogP contribution in [0.25, 0.3) is 0 Å². The van der Waals surface area contributed by atoms with E-state index in [-0.39, 0.29) is 17.4 Å². The molecule has 0 bridgehead atoms. The van der Waals surface area contributed by atoms with E-state index >= 15 is 0 Å². The minimum atomic E-state index is -0.356. The summed E-state index contributed by atoms with van der Waals surface area (Å²) in [6.07, 6.45) is 0.441. The summed E-state index contributed by atoms with van der Waals surface area (Å²) in [6.45, 7) is 6.29. The number of nitrogens with one attached hydrogen (secondary N) is 1. The molecule has 1 atom stereocenters. The van der Waals surface area contributed by atoms with Crippen LogP contribution >= 0.6 is 0 Å². The van der Waals surface area contributed by atoms with Crippen LogP contribution in [0.5, 0.6) is 5.75 Å². The molecule has 1 unspecified atom stereocenters. The zero-order valence-corrected chi connectivity index (χ0v) is 12.2. The summed E-state index contributed by atoms with van der Waals surface area (Å²) >= 11 is 0. The molecule has 0 saturated carbocycles. The molecule has 0 fully saturated rings. The Balaban J connectivity index is 2.63. The molecule has 0 aliphatic carbocycles. The van der Waals surface area contributed by atoms with E-state index in [0.717, 1.165) is 11.3 Å². The maximum atomic E-state index is 12.0. The van der Waals surface area contributed by atoms with Gasteiger partial charge in [-0.2, -0.15) is 0 Å². The number of nitrogens with two attached hydrogens (primary N) is 1. The Morgan fingerprint density at radius 3 is 2.74 bits per heavy atom. The van der Waals surface area contributed by atoms with Crippen LogP contribution in [-0.2, 0) is 4.79 Å². The standard InChI is InChI=1S/C15H24N2O2/c1-11(8-14(18)17-15(2,3)10-16)12-6-5-7-13(9-12)19-4/h5-7,9,11H,8,10,16H2,1-4H3,(H,17,18). The van der Waals surface area contributed by atoms with Crippen LogP contribution in [0.15, 0.2) is 24.3 Å². The molecule has 0 radical (unpaired) electrons. The van der Waals surface area contributed by atoms with E-state index in [4.69, 9.17) is 10.5 Å². The van der Waals surface area contributed by atoms with Gasteiger partial charge in [-0.3, -0.25) is 4.79 Å². The normalized spacial score (nSPS) is 12.9. The molecule has 1 rings (SSSR count). The van der Waals surface area contributed by atoms with E-state index in [1.165, 1.54) is 0 Å². The first-order valence-electron chi connectivity index (χ1n) is 6.53. The highest BCUT2D eigenvalue weighted by atomic mass is 16.5. The molecule has 3 N–H and O–H groups in total. The fourth-order valence-corrected chi connectivity index (χ4v) is 1.82. The predicted molar refractivity (Wildman–Crippen MR) is 77.3 cm³/mol. The van der Waals surface area contributed by atoms with Crippen molar-refractivity contribution in [3.05, 3.63) is 29.8 Å². The SMILES string of the molecule is COc1cccc(C(C)CC(=O)NC(C)(C)CN)c1. The lowest BCUT2D eigenvalue weighted by Crippen LogP contribution is -2.49. The molecule has 4 heteroatoms. The van der Waals surface area contributed by atoms with E-state index in [0.29, 0.717) is 13.0 Å². The number of hydrogen-bond donors (Lipinski definition) is 2. The van der Waals surface area contributed by atoms with Gasteiger partial charge < -0.3 is 15.8 Å². The summed E-state index contributed by atoms with van der Waals surface area (Å²) in [4.78, 5) is 12.0. The molecule has 0 aromatic heterocycles. The van der Waals surface area contributed by atoms with E-state index in [2.05, 4.69) is 5.32 Å². The molecule has 1 aromatic rings. The van der Waals surface area contributed by atoms with Gasteiger partial charge in [-0.25, -0.2) is 0 Å². The monoisotopic (exact) mass is 264 g/mol. The summed E-state index contributed by atoms with van der Waals surface area (Å²) in [5, 5.41) is 2.94. The van der Waals surface area contributed by atoms with Crippen LogP contribution < -0.4 is 15.8 Å². The van der Waals surface area contributed by atoms with E-state index < -0.39 is 0 Å². The lowest BCUT2D eigenvalue weighted by molar-refractivity contribution is -0.122. The molecular formula is C15H24N2O2. The summed E-state index contributed by atoms with van der Waals surface area (Å²) in [5.41, 5.74) is 6.34. The van der Waals surface area contributed by atoms with Gasteiger partial charge in [0.25, 0.3) is 0 Å². The largest absolute Gasteiger partial charge is 0.497 e. The molecule has 106 valence electrons. The van der Waals surface area contributed by atoms with E-state index in [1.807, 2.05) is 45.0 Å². The van der Waals surface area contributed by atoms with Crippen LogP contribution in [0.4, 0.5) is 0 Å². The molecule has 0 heterocycles. The van der Waals surface area contributed by atoms with Crippen molar-refractivity contribution in [2.45, 2.75) is 38.6 Å². The van der Waals surface area contributed by atoms with Crippen molar-refractivity contribution in [3.8, 4) is 5.75 Å². The third-order valence-electron chi connectivity index (χ3n) is 3.14. The average Bonchev–Trinajstić information content (AvgIpc) is 2.38. The average molecular weight is 264 g/mol. The zero-order chi connectivity index (χ0) is 14.5. The number of benzene rings is 1. The molecule has 0 aliphatic rings. The third-order valence-corrected chi connectivity index (χ3v) is 3.14. The topological polar surface area (TPSA) is 64.3 Å². The van der Waals surface area contributed by atoms with Crippen LogP contribution in [0.3, 0.4) is 0 Å². The van der Waals surface area contributed by atoms with Gasteiger partial charge >= 0.3 is 0 Å². The van der Waals surface area contributed by atoms with E-state index in [1.54, 1.807) is 7.11 Å². The number of amides is 1. The van der Waals surface area contributed by atoms with Crippen LogP contribution in [0.1, 0.15) is 38.7 Å². The Morgan fingerprint density at radius 1 is 1.47 bits per heavy atom. The maximum Gasteiger partial charge on any atom is 0.221 e. The lowest BCUT2D eigenvalue weighted by atomic mass is 9.96. The molecule has 0 spiro atoms. The van der Waals surface area contributed by atoms with Gasteiger partial charge in [0.1, 0.15) is 5.75 Å². The fourth-order valence-electron chi connectivity index (χ4n) is 1.82. The number of carbonyl (C=O) groups is 1. The molecular weight excluding hydrogens is 240 g/mol. The Kier molecular flexibility index (Phi) is 5.36. The van der Waals surface area contributed by atoms with Crippen molar-refractivity contribution in [1.29, 1.82) is 0 Å². The van der Waals surface area contributed by atoms with Crippen molar-refractivity contribution >= 4 is 5.91 Å². The van der Waals surface area contributed by atoms with Gasteiger partial charge in [-0.05, 0) is 37.5 Å². The Hall–Kier alpha value is -1.55. The van der Waals surface area contributed by atoms with Crippen molar-refractivity contribution in [3.63, 3.8) is 0 Å². The second-order valence-electron chi connectivity index (χ2n) is 5.52. The number of methoxy groups -OCH3 is 1. The summed E-state index contributed by atoms with van der Waals surface area (Å²) in [7, 11) is 1.64. The first-order valence-corrected chi connectivity index (χ1v) is 6.53. The minimum absolute atomic E-state index is 0.0192. The lowest BCUT2D eigenvalue weighted by Gasteiger charge is -2.25. The van der Waals surface area contributed by atoms with Gasteiger partial charge in [-0.1, -0.05) is 19.1 Å². The number of carbonyl (C=O) groups excluding carboxylic acids is 1. The summed E-state index contributed by atoms with van der Waals surface area (Å²) in [5.74, 6) is 0.974. The third kappa shape index (κ3) is 4.91. The zero-order valence-electron chi connectivity index (χ0n) is 12.2.